The van der Waals surface area contributed by atoms with Gasteiger partial charge in [-0.2, -0.15) is 0 Å². The lowest BCUT2D eigenvalue weighted by Gasteiger charge is -2.25. The molecule has 0 spiro atoms. The second kappa shape index (κ2) is 7.16. The Kier molecular flexibility index (Phi) is 5.52. The van der Waals surface area contributed by atoms with Crippen molar-refractivity contribution < 1.29 is 14.2 Å². The monoisotopic (exact) mass is 281 g/mol. The molecule has 0 bridgehead atoms. The van der Waals surface area contributed by atoms with Crippen LogP contribution in [0, 0.1) is 5.82 Å². The Hall–Kier alpha value is -0.970. The highest BCUT2D eigenvalue weighted by Crippen LogP contribution is 2.28. The van der Waals surface area contributed by atoms with Crippen LogP contribution in [0.3, 0.4) is 0 Å². The molecular weight excluding hydrogens is 257 g/mol. The van der Waals surface area contributed by atoms with E-state index >= 15 is 0 Å². The minimum Gasteiger partial charge on any atom is -0.389 e. The van der Waals surface area contributed by atoms with E-state index in [-0.39, 0.29) is 11.9 Å². The van der Waals surface area contributed by atoms with Crippen LogP contribution in [0.1, 0.15) is 32.3 Å². The van der Waals surface area contributed by atoms with E-state index < -0.39 is 6.10 Å². The van der Waals surface area contributed by atoms with Crippen molar-refractivity contribution in [3.63, 3.8) is 0 Å². The summed E-state index contributed by atoms with van der Waals surface area (Å²) in [7, 11) is 0. The van der Waals surface area contributed by atoms with Gasteiger partial charge in [0.2, 0.25) is 0 Å². The van der Waals surface area contributed by atoms with Crippen LogP contribution in [-0.2, 0) is 11.3 Å². The molecule has 1 aromatic rings. The van der Waals surface area contributed by atoms with Gasteiger partial charge >= 0.3 is 0 Å². The molecule has 0 radical (unpaired) electrons. The number of hydrogen-bond acceptors (Lipinski definition) is 3. The van der Waals surface area contributed by atoms with Crippen LogP contribution in [0.15, 0.2) is 24.3 Å². The van der Waals surface area contributed by atoms with Crippen LogP contribution >= 0.6 is 0 Å². The maximum atomic E-state index is 12.9. The number of ether oxygens (including phenoxy) is 1. The van der Waals surface area contributed by atoms with Crippen molar-refractivity contribution in [2.45, 2.75) is 51.5 Å². The molecule has 1 saturated carbocycles. The molecule has 1 aliphatic rings. The molecule has 4 heteroatoms. The molecule has 1 unspecified atom stereocenters. The smallest absolute Gasteiger partial charge is 0.123 e. The number of benzene rings is 1. The van der Waals surface area contributed by atoms with Crippen LogP contribution in [0.4, 0.5) is 4.39 Å². The minimum atomic E-state index is -0.474. The normalized spacial score (nSPS) is 16.9. The van der Waals surface area contributed by atoms with Crippen molar-refractivity contribution in [2.75, 3.05) is 13.2 Å². The van der Waals surface area contributed by atoms with Crippen LogP contribution in [0.5, 0.6) is 0 Å². The molecule has 0 amide bonds. The SMILES string of the molecule is CC(C)OCC(O)CN(Cc1ccc(F)cc1)C1CC1. The summed E-state index contributed by atoms with van der Waals surface area (Å²) in [5.41, 5.74) is 1.08. The van der Waals surface area contributed by atoms with Gasteiger partial charge < -0.3 is 9.84 Å². The second-order valence-electron chi connectivity index (χ2n) is 5.82. The van der Waals surface area contributed by atoms with Crippen molar-refractivity contribution in [3.8, 4) is 0 Å². The molecule has 0 saturated heterocycles. The maximum absolute atomic E-state index is 12.9. The third kappa shape index (κ3) is 5.19. The standard InChI is InChI=1S/C16H24FNO2/c1-12(2)20-11-16(19)10-18(15-7-8-15)9-13-3-5-14(17)6-4-13/h3-6,12,15-16,19H,7-11H2,1-2H3. The van der Waals surface area contributed by atoms with Gasteiger partial charge in [-0.1, -0.05) is 12.1 Å². The second-order valence-corrected chi connectivity index (χ2v) is 5.82. The van der Waals surface area contributed by atoms with E-state index in [9.17, 15) is 9.50 Å². The average Bonchev–Trinajstić information content (AvgIpc) is 3.22. The summed E-state index contributed by atoms with van der Waals surface area (Å²) in [6, 6.07) is 7.13. The molecular formula is C16H24FNO2. The molecule has 1 fully saturated rings. The molecule has 2 rings (SSSR count). The van der Waals surface area contributed by atoms with Crippen LogP contribution < -0.4 is 0 Å². The third-order valence-electron chi connectivity index (χ3n) is 3.43. The first-order valence-electron chi connectivity index (χ1n) is 7.32. The highest BCUT2D eigenvalue weighted by molar-refractivity contribution is 5.16. The third-order valence-corrected chi connectivity index (χ3v) is 3.43. The molecule has 3 nitrogen and oxygen atoms in total. The van der Waals surface area contributed by atoms with Gasteiger partial charge in [-0.25, -0.2) is 4.39 Å². The highest BCUT2D eigenvalue weighted by atomic mass is 19.1. The fourth-order valence-corrected chi connectivity index (χ4v) is 2.23. The lowest BCUT2D eigenvalue weighted by atomic mass is 10.2. The van der Waals surface area contributed by atoms with Crippen molar-refractivity contribution in [1.29, 1.82) is 0 Å². The van der Waals surface area contributed by atoms with Gasteiger partial charge in [0.15, 0.2) is 0 Å². The molecule has 1 N–H and O–H groups in total. The number of aliphatic hydroxyl groups is 1. The number of rotatable bonds is 8. The molecule has 1 atom stereocenters. The Morgan fingerprint density at radius 1 is 1.30 bits per heavy atom. The van der Waals surface area contributed by atoms with Crippen molar-refractivity contribution in [2.24, 2.45) is 0 Å². The zero-order valence-electron chi connectivity index (χ0n) is 12.3. The average molecular weight is 281 g/mol. The number of aliphatic hydroxyl groups excluding tert-OH is 1. The predicted octanol–water partition coefficient (Wildman–Crippen LogP) is 2.58. The number of halogens is 1. The summed E-state index contributed by atoms with van der Waals surface area (Å²) in [5.74, 6) is -0.211. The lowest BCUT2D eigenvalue weighted by Crippen LogP contribution is -2.36. The van der Waals surface area contributed by atoms with Gasteiger partial charge in [0.1, 0.15) is 5.82 Å². The summed E-state index contributed by atoms with van der Waals surface area (Å²) in [5, 5.41) is 10.0. The molecule has 0 heterocycles. The number of hydrogen-bond donors (Lipinski definition) is 1. The Labute approximate surface area is 120 Å². The van der Waals surface area contributed by atoms with E-state index in [2.05, 4.69) is 4.90 Å². The van der Waals surface area contributed by atoms with Gasteiger partial charge in [0.25, 0.3) is 0 Å². The molecule has 112 valence electrons. The predicted molar refractivity (Wildman–Crippen MR) is 76.9 cm³/mol. The molecule has 20 heavy (non-hydrogen) atoms. The van der Waals surface area contributed by atoms with Crippen LogP contribution in [0.2, 0.25) is 0 Å². The van der Waals surface area contributed by atoms with E-state index in [4.69, 9.17) is 4.74 Å². The Bertz CT molecular complexity index is 403. The zero-order chi connectivity index (χ0) is 14.5. The largest absolute Gasteiger partial charge is 0.389 e. The van der Waals surface area contributed by atoms with E-state index in [0.717, 1.165) is 12.1 Å². The van der Waals surface area contributed by atoms with E-state index in [1.54, 1.807) is 0 Å². The van der Waals surface area contributed by atoms with E-state index in [0.29, 0.717) is 19.2 Å². The highest BCUT2D eigenvalue weighted by Gasteiger charge is 2.30. The van der Waals surface area contributed by atoms with Crippen molar-refractivity contribution in [1.82, 2.24) is 4.90 Å². The Morgan fingerprint density at radius 3 is 2.50 bits per heavy atom. The molecule has 0 aromatic heterocycles. The van der Waals surface area contributed by atoms with Crippen LogP contribution in [-0.4, -0.2) is 41.4 Å². The lowest BCUT2D eigenvalue weighted by molar-refractivity contribution is -0.0107. The first kappa shape index (κ1) is 15.4. The maximum Gasteiger partial charge on any atom is 0.123 e. The van der Waals surface area contributed by atoms with Crippen molar-refractivity contribution in [3.05, 3.63) is 35.6 Å². The van der Waals surface area contributed by atoms with Crippen LogP contribution in [0.25, 0.3) is 0 Å². The van der Waals surface area contributed by atoms with E-state index in [1.165, 1.54) is 25.0 Å². The summed E-state index contributed by atoms with van der Waals surface area (Å²) in [6.07, 6.45) is 2.02. The molecule has 0 aliphatic heterocycles. The summed E-state index contributed by atoms with van der Waals surface area (Å²) in [4.78, 5) is 2.27. The van der Waals surface area contributed by atoms with Gasteiger partial charge in [-0.3, -0.25) is 4.90 Å². The zero-order valence-corrected chi connectivity index (χ0v) is 12.3. The summed E-state index contributed by atoms with van der Waals surface area (Å²) >= 11 is 0. The fourth-order valence-electron chi connectivity index (χ4n) is 2.23. The fraction of sp³-hybridized carbons (Fsp3) is 0.625. The minimum absolute atomic E-state index is 0.135. The summed E-state index contributed by atoms with van der Waals surface area (Å²) in [6.45, 7) is 5.65. The van der Waals surface area contributed by atoms with Gasteiger partial charge in [-0.15, -0.1) is 0 Å². The Balaban J connectivity index is 1.85. The van der Waals surface area contributed by atoms with Gasteiger partial charge in [-0.05, 0) is 44.4 Å². The summed E-state index contributed by atoms with van der Waals surface area (Å²) < 4.78 is 18.4. The molecule has 1 aromatic carbocycles. The first-order valence-corrected chi connectivity index (χ1v) is 7.32. The Morgan fingerprint density at radius 2 is 1.95 bits per heavy atom. The molecule has 1 aliphatic carbocycles. The van der Waals surface area contributed by atoms with Gasteiger partial charge in [0.05, 0.1) is 18.8 Å². The first-order chi connectivity index (χ1) is 9.54. The topological polar surface area (TPSA) is 32.7 Å². The van der Waals surface area contributed by atoms with Gasteiger partial charge in [0, 0.05) is 19.1 Å². The quantitative estimate of drug-likeness (QED) is 0.795. The van der Waals surface area contributed by atoms with Crippen molar-refractivity contribution >= 4 is 0 Å². The van der Waals surface area contributed by atoms with E-state index in [1.807, 2.05) is 26.0 Å². The number of nitrogens with zero attached hydrogens (tertiary/aromatic N) is 1.